The molecule has 2 aromatic heterocycles. The van der Waals surface area contributed by atoms with Crippen LogP contribution in [0.2, 0.25) is 0 Å². The van der Waals surface area contributed by atoms with E-state index in [1.54, 1.807) is 29.3 Å². The molecule has 0 unspecified atom stereocenters. The van der Waals surface area contributed by atoms with Gasteiger partial charge in [-0.1, -0.05) is 18.2 Å². The Morgan fingerprint density at radius 1 is 1.05 bits per heavy atom. The minimum atomic E-state index is 0.224. The molecule has 0 aliphatic rings. The Morgan fingerprint density at radius 2 is 1.89 bits per heavy atom. The van der Waals surface area contributed by atoms with Crippen LogP contribution in [0.4, 0.5) is 5.69 Å². The van der Waals surface area contributed by atoms with Gasteiger partial charge in [0.15, 0.2) is 0 Å². The van der Waals surface area contributed by atoms with E-state index in [0.717, 1.165) is 5.69 Å². The Morgan fingerprint density at radius 3 is 2.68 bits per heavy atom. The summed E-state index contributed by atoms with van der Waals surface area (Å²) in [6.07, 6.45) is 3.15. The van der Waals surface area contributed by atoms with Crippen molar-refractivity contribution in [3.8, 4) is 17.6 Å². The van der Waals surface area contributed by atoms with Gasteiger partial charge < -0.3 is 10.5 Å². The fourth-order valence-corrected chi connectivity index (χ4v) is 1.57. The second-order valence-electron chi connectivity index (χ2n) is 3.84. The van der Waals surface area contributed by atoms with Gasteiger partial charge in [-0.2, -0.15) is 4.98 Å². The van der Waals surface area contributed by atoms with Gasteiger partial charge in [-0.05, 0) is 18.2 Å². The summed E-state index contributed by atoms with van der Waals surface area (Å²) in [5.74, 6) is 0.366. The molecule has 0 bridgehead atoms. The van der Waals surface area contributed by atoms with Gasteiger partial charge >= 0.3 is 6.01 Å². The van der Waals surface area contributed by atoms with E-state index < -0.39 is 0 Å². The molecule has 0 aliphatic heterocycles. The molecule has 0 spiro atoms. The third-order valence-corrected chi connectivity index (χ3v) is 2.45. The van der Waals surface area contributed by atoms with Crippen molar-refractivity contribution in [3.05, 3.63) is 55.0 Å². The number of pyridine rings is 1. The molecule has 2 N–H and O–H groups in total. The number of hydrogen-bond acceptors (Lipinski definition) is 5. The maximum atomic E-state index is 5.64. The summed E-state index contributed by atoms with van der Waals surface area (Å²) in [6, 6.07) is 13.2. The zero-order chi connectivity index (χ0) is 13.1. The third-order valence-electron chi connectivity index (χ3n) is 2.45. The fourth-order valence-electron chi connectivity index (χ4n) is 1.57. The lowest BCUT2D eigenvalue weighted by Gasteiger charge is -2.00. The Kier molecular flexibility index (Phi) is 2.82. The molecule has 0 saturated heterocycles. The average Bonchev–Trinajstić information content (AvgIpc) is 2.88. The largest absolute Gasteiger partial charge is 0.404 e. The van der Waals surface area contributed by atoms with Crippen LogP contribution in [0.3, 0.4) is 0 Å². The molecule has 6 heteroatoms. The van der Waals surface area contributed by atoms with Crippen molar-refractivity contribution < 1.29 is 4.74 Å². The highest BCUT2D eigenvalue weighted by molar-refractivity contribution is 5.40. The number of nitrogens with zero attached hydrogens (tertiary/aromatic N) is 4. The van der Waals surface area contributed by atoms with E-state index >= 15 is 0 Å². The molecule has 0 aliphatic carbocycles. The first-order valence-corrected chi connectivity index (χ1v) is 5.68. The summed E-state index contributed by atoms with van der Waals surface area (Å²) < 4.78 is 7.05. The lowest BCUT2D eigenvalue weighted by molar-refractivity contribution is 0.425. The summed E-state index contributed by atoms with van der Waals surface area (Å²) >= 11 is 0. The van der Waals surface area contributed by atoms with Crippen LogP contribution in [0.5, 0.6) is 11.9 Å². The van der Waals surface area contributed by atoms with E-state index in [0.29, 0.717) is 11.6 Å². The number of ether oxygens (including phenoxy) is 1. The molecule has 6 nitrogen and oxygen atoms in total. The summed E-state index contributed by atoms with van der Waals surface area (Å²) in [4.78, 5) is 8.09. The standard InChI is InChI=1S/C13H11N5O/c14-10-6-7-15-12(8-10)19-13-16-9-18(17-13)11-4-2-1-3-5-11/h1-9H,(H2,14,15). The lowest BCUT2D eigenvalue weighted by Crippen LogP contribution is -1.95. The predicted octanol–water partition coefficient (Wildman–Crippen LogP) is 2.04. The van der Waals surface area contributed by atoms with E-state index in [2.05, 4.69) is 15.1 Å². The maximum Gasteiger partial charge on any atom is 0.342 e. The average molecular weight is 253 g/mol. The first kappa shape index (κ1) is 11.2. The number of aromatic nitrogens is 4. The highest BCUT2D eigenvalue weighted by atomic mass is 16.5. The number of hydrogen-bond donors (Lipinski definition) is 1. The van der Waals surface area contributed by atoms with E-state index in [4.69, 9.17) is 10.5 Å². The molecule has 0 fully saturated rings. The van der Waals surface area contributed by atoms with Crippen LogP contribution >= 0.6 is 0 Å². The molecule has 3 aromatic rings. The molecule has 0 atom stereocenters. The maximum absolute atomic E-state index is 5.64. The minimum absolute atomic E-state index is 0.224. The van der Waals surface area contributed by atoms with E-state index in [-0.39, 0.29) is 6.01 Å². The molecule has 2 heterocycles. The van der Waals surface area contributed by atoms with Crippen molar-refractivity contribution in [2.75, 3.05) is 5.73 Å². The smallest absolute Gasteiger partial charge is 0.342 e. The van der Waals surface area contributed by atoms with E-state index in [1.165, 1.54) is 0 Å². The van der Waals surface area contributed by atoms with Crippen LogP contribution in [-0.2, 0) is 0 Å². The van der Waals surface area contributed by atoms with Crippen LogP contribution in [0, 0.1) is 0 Å². The fraction of sp³-hybridized carbons (Fsp3) is 0. The van der Waals surface area contributed by atoms with Crippen molar-refractivity contribution in [2.24, 2.45) is 0 Å². The minimum Gasteiger partial charge on any atom is -0.404 e. The van der Waals surface area contributed by atoms with Gasteiger partial charge in [0.25, 0.3) is 0 Å². The van der Waals surface area contributed by atoms with Gasteiger partial charge in [-0.3, -0.25) is 0 Å². The third kappa shape index (κ3) is 2.52. The first-order chi connectivity index (χ1) is 9.31. The molecule has 94 valence electrons. The lowest BCUT2D eigenvalue weighted by atomic mass is 10.3. The highest BCUT2D eigenvalue weighted by Crippen LogP contribution is 2.17. The van der Waals surface area contributed by atoms with Crippen molar-refractivity contribution in [1.29, 1.82) is 0 Å². The second-order valence-corrected chi connectivity index (χ2v) is 3.84. The highest BCUT2D eigenvalue weighted by Gasteiger charge is 2.05. The Bertz CT molecular complexity index is 680. The van der Waals surface area contributed by atoms with Crippen LogP contribution in [0.1, 0.15) is 0 Å². The number of nitrogen functional groups attached to an aromatic ring is 1. The zero-order valence-electron chi connectivity index (χ0n) is 9.97. The van der Waals surface area contributed by atoms with E-state index in [9.17, 15) is 0 Å². The number of nitrogens with two attached hydrogens (primary N) is 1. The molecular weight excluding hydrogens is 242 g/mol. The van der Waals surface area contributed by atoms with Gasteiger partial charge in [0.1, 0.15) is 6.33 Å². The topological polar surface area (TPSA) is 78.9 Å². The molecule has 1 aromatic carbocycles. The number of benzene rings is 1. The van der Waals surface area contributed by atoms with Gasteiger partial charge in [-0.15, -0.1) is 5.10 Å². The van der Waals surface area contributed by atoms with Crippen LogP contribution < -0.4 is 10.5 Å². The summed E-state index contributed by atoms with van der Waals surface area (Å²) in [7, 11) is 0. The van der Waals surface area contributed by atoms with Gasteiger partial charge in [0, 0.05) is 18.0 Å². The summed E-state index contributed by atoms with van der Waals surface area (Å²) in [5, 5.41) is 4.21. The van der Waals surface area contributed by atoms with Gasteiger partial charge in [0.2, 0.25) is 5.88 Å². The number of para-hydroxylation sites is 1. The predicted molar refractivity (Wildman–Crippen MR) is 70.1 cm³/mol. The van der Waals surface area contributed by atoms with Crippen molar-refractivity contribution in [3.63, 3.8) is 0 Å². The normalized spacial score (nSPS) is 10.3. The van der Waals surface area contributed by atoms with Crippen molar-refractivity contribution in [1.82, 2.24) is 19.7 Å². The van der Waals surface area contributed by atoms with Gasteiger partial charge in [-0.25, -0.2) is 9.67 Å². The number of anilines is 1. The van der Waals surface area contributed by atoms with Crippen LogP contribution in [-0.4, -0.2) is 19.7 Å². The van der Waals surface area contributed by atoms with Crippen molar-refractivity contribution >= 4 is 5.69 Å². The first-order valence-electron chi connectivity index (χ1n) is 5.68. The van der Waals surface area contributed by atoms with Gasteiger partial charge in [0.05, 0.1) is 5.69 Å². The summed E-state index contributed by atoms with van der Waals surface area (Å²) in [6.45, 7) is 0. The monoisotopic (exact) mass is 253 g/mol. The SMILES string of the molecule is Nc1ccnc(Oc2ncn(-c3ccccc3)n2)c1. The molecular formula is C13H11N5O. The Labute approximate surface area is 109 Å². The molecule has 3 rings (SSSR count). The van der Waals surface area contributed by atoms with Crippen LogP contribution in [0.15, 0.2) is 55.0 Å². The molecule has 0 amide bonds. The zero-order valence-corrected chi connectivity index (χ0v) is 9.97. The molecule has 0 saturated carbocycles. The van der Waals surface area contributed by atoms with Crippen LogP contribution in [0.25, 0.3) is 5.69 Å². The Balaban J connectivity index is 1.82. The molecule has 0 radical (unpaired) electrons. The van der Waals surface area contributed by atoms with E-state index in [1.807, 2.05) is 30.3 Å². The number of rotatable bonds is 3. The second kappa shape index (κ2) is 4.77. The molecule has 19 heavy (non-hydrogen) atoms. The summed E-state index contributed by atoms with van der Waals surface area (Å²) in [5.41, 5.74) is 7.13. The van der Waals surface area contributed by atoms with Crippen molar-refractivity contribution in [2.45, 2.75) is 0 Å². The quantitative estimate of drug-likeness (QED) is 0.772. The Hall–Kier alpha value is -2.89.